The molecule has 0 bridgehead atoms. The Kier molecular flexibility index (Phi) is 2.59. The summed E-state index contributed by atoms with van der Waals surface area (Å²) in [5.41, 5.74) is 2.60. The van der Waals surface area contributed by atoms with Gasteiger partial charge >= 0.3 is 0 Å². The topological polar surface area (TPSA) is 38.7 Å². The summed E-state index contributed by atoms with van der Waals surface area (Å²) in [5, 5.41) is 11.7. The largest absolute Gasteiger partial charge is 0.508 e. The summed E-state index contributed by atoms with van der Waals surface area (Å²) in [6.07, 6.45) is 4.95. The number of benzene rings is 2. The Morgan fingerprint density at radius 2 is 1.80 bits per heavy atom. The summed E-state index contributed by atoms with van der Waals surface area (Å²) < 4.78 is 11.1. The third-order valence-corrected chi connectivity index (χ3v) is 4.27. The van der Waals surface area contributed by atoms with E-state index in [1.54, 1.807) is 12.1 Å². The normalized spacial score (nSPS) is 20.7. The van der Waals surface area contributed by atoms with Crippen LogP contribution in [0.1, 0.15) is 24.8 Å². The van der Waals surface area contributed by atoms with Crippen molar-refractivity contribution < 1.29 is 14.6 Å². The molecule has 102 valence electrons. The van der Waals surface area contributed by atoms with Gasteiger partial charge in [-0.05, 0) is 46.5 Å². The standard InChI is InChI=1S/C17H16O3/c18-16-4-3-14-9-13(1-2-15(14)10-16)12-5-7-17(8-6-12)19-11-20-17/h1-5,9-10,18H,6-8,11H2. The molecule has 0 amide bonds. The van der Waals surface area contributed by atoms with Gasteiger partial charge in [-0.3, -0.25) is 0 Å². The molecule has 1 aliphatic heterocycles. The van der Waals surface area contributed by atoms with Crippen LogP contribution >= 0.6 is 0 Å². The van der Waals surface area contributed by atoms with Crippen LogP contribution in [0, 0.1) is 0 Å². The molecule has 2 aromatic carbocycles. The van der Waals surface area contributed by atoms with Crippen molar-refractivity contribution in [1.82, 2.24) is 0 Å². The van der Waals surface area contributed by atoms with Crippen molar-refractivity contribution in [2.45, 2.75) is 25.0 Å². The molecule has 1 spiro atoms. The molecule has 1 aliphatic carbocycles. The fourth-order valence-electron chi connectivity index (χ4n) is 2.99. The number of ether oxygens (including phenoxy) is 2. The number of allylic oxidation sites excluding steroid dienone is 1. The highest BCUT2D eigenvalue weighted by atomic mass is 16.9. The van der Waals surface area contributed by atoms with Gasteiger partial charge in [-0.2, -0.15) is 0 Å². The first kappa shape index (κ1) is 11.9. The van der Waals surface area contributed by atoms with E-state index in [9.17, 15) is 5.11 Å². The number of hydrogen-bond acceptors (Lipinski definition) is 3. The fourth-order valence-corrected chi connectivity index (χ4v) is 2.99. The van der Waals surface area contributed by atoms with Crippen LogP contribution in [0.4, 0.5) is 0 Å². The lowest BCUT2D eigenvalue weighted by molar-refractivity contribution is -0.398. The maximum atomic E-state index is 9.50. The van der Waals surface area contributed by atoms with Crippen molar-refractivity contribution in [3.63, 3.8) is 0 Å². The third kappa shape index (κ3) is 1.90. The zero-order valence-corrected chi connectivity index (χ0v) is 11.1. The van der Waals surface area contributed by atoms with Gasteiger partial charge < -0.3 is 14.6 Å². The lowest BCUT2D eigenvalue weighted by atomic mass is 9.88. The Bertz CT molecular complexity index is 698. The van der Waals surface area contributed by atoms with Crippen LogP contribution < -0.4 is 0 Å². The van der Waals surface area contributed by atoms with Gasteiger partial charge in [-0.25, -0.2) is 0 Å². The molecule has 1 N–H and O–H groups in total. The lowest BCUT2D eigenvalue weighted by Gasteiger charge is -2.43. The predicted octanol–water partition coefficient (Wildman–Crippen LogP) is 3.81. The van der Waals surface area contributed by atoms with Gasteiger partial charge in [-0.1, -0.05) is 24.3 Å². The number of fused-ring (bicyclic) bond motifs is 1. The van der Waals surface area contributed by atoms with E-state index < -0.39 is 0 Å². The highest BCUT2D eigenvalue weighted by molar-refractivity contribution is 5.87. The van der Waals surface area contributed by atoms with E-state index in [-0.39, 0.29) is 5.79 Å². The van der Waals surface area contributed by atoms with E-state index in [0.29, 0.717) is 12.5 Å². The predicted molar refractivity (Wildman–Crippen MR) is 77.2 cm³/mol. The first-order valence-corrected chi connectivity index (χ1v) is 6.94. The zero-order valence-electron chi connectivity index (χ0n) is 11.1. The van der Waals surface area contributed by atoms with Gasteiger partial charge in [0.1, 0.15) is 5.75 Å². The van der Waals surface area contributed by atoms with E-state index in [4.69, 9.17) is 9.47 Å². The molecule has 20 heavy (non-hydrogen) atoms. The van der Waals surface area contributed by atoms with E-state index in [1.807, 2.05) is 6.07 Å². The van der Waals surface area contributed by atoms with Crippen molar-refractivity contribution in [3.8, 4) is 5.75 Å². The van der Waals surface area contributed by atoms with E-state index in [1.165, 1.54) is 11.1 Å². The van der Waals surface area contributed by atoms with Crippen molar-refractivity contribution in [1.29, 1.82) is 0 Å². The SMILES string of the molecule is Oc1ccc2cc(C3=CCC4(CC3)OCO4)ccc2c1. The second kappa shape index (κ2) is 4.33. The summed E-state index contributed by atoms with van der Waals surface area (Å²) in [6.45, 7) is 0.433. The van der Waals surface area contributed by atoms with Gasteiger partial charge in [0, 0.05) is 12.8 Å². The van der Waals surface area contributed by atoms with Crippen molar-refractivity contribution in [2.75, 3.05) is 6.79 Å². The number of phenols is 1. The molecule has 0 aromatic heterocycles. The molecule has 0 atom stereocenters. The van der Waals surface area contributed by atoms with Gasteiger partial charge in [0.2, 0.25) is 0 Å². The second-order valence-electron chi connectivity index (χ2n) is 5.50. The highest BCUT2D eigenvalue weighted by Crippen LogP contribution is 2.40. The lowest BCUT2D eigenvalue weighted by Crippen LogP contribution is -2.47. The Morgan fingerprint density at radius 1 is 1.00 bits per heavy atom. The van der Waals surface area contributed by atoms with Crippen LogP contribution in [0.3, 0.4) is 0 Å². The van der Waals surface area contributed by atoms with Gasteiger partial charge in [-0.15, -0.1) is 0 Å². The number of rotatable bonds is 1. The Labute approximate surface area is 117 Å². The van der Waals surface area contributed by atoms with Crippen molar-refractivity contribution in [2.24, 2.45) is 0 Å². The summed E-state index contributed by atoms with van der Waals surface area (Å²) >= 11 is 0. The minimum atomic E-state index is -0.327. The Morgan fingerprint density at radius 3 is 2.50 bits per heavy atom. The molecule has 3 heteroatoms. The first-order chi connectivity index (χ1) is 9.74. The third-order valence-electron chi connectivity index (χ3n) is 4.27. The quantitative estimate of drug-likeness (QED) is 0.854. The molecule has 1 fully saturated rings. The monoisotopic (exact) mass is 268 g/mol. The Hall–Kier alpha value is -1.84. The zero-order chi connectivity index (χ0) is 13.6. The molecule has 1 saturated heterocycles. The van der Waals surface area contributed by atoms with Crippen LogP contribution in [0.5, 0.6) is 5.75 Å². The van der Waals surface area contributed by atoms with Gasteiger partial charge in [0.15, 0.2) is 12.6 Å². The van der Waals surface area contributed by atoms with E-state index >= 15 is 0 Å². The molecule has 3 nitrogen and oxygen atoms in total. The smallest absolute Gasteiger partial charge is 0.177 e. The van der Waals surface area contributed by atoms with E-state index in [0.717, 1.165) is 30.0 Å². The average Bonchev–Trinajstić information content (AvgIpc) is 2.45. The molecule has 0 unspecified atom stereocenters. The van der Waals surface area contributed by atoms with Crippen LogP contribution in [0.25, 0.3) is 16.3 Å². The minimum Gasteiger partial charge on any atom is -0.508 e. The average molecular weight is 268 g/mol. The maximum absolute atomic E-state index is 9.50. The van der Waals surface area contributed by atoms with E-state index in [2.05, 4.69) is 24.3 Å². The molecular weight excluding hydrogens is 252 g/mol. The number of aromatic hydroxyl groups is 1. The Balaban J connectivity index is 1.67. The first-order valence-electron chi connectivity index (χ1n) is 6.94. The van der Waals surface area contributed by atoms with Crippen molar-refractivity contribution in [3.05, 3.63) is 48.0 Å². The fraction of sp³-hybridized carbons (Fsp3) is 0.294. The van der Waals surface area contributed by atoms with Crippen LogP contribution in [-0.4, -0.2) is 17.7 Å². The molecule has 1 heterocycles. The van der Waals surface area contributed by atoms with Crippen LogP contribution in [0.15, 0.2) is 42.5 Å². The number of phenolic OH excluding ortho intramolecular Hbond substituents is 1. The highest BCUT2D eigenvalue weighted by Gasteiger charge is 2.40. The minimum absolute atomic E-state index is 0.309. The van der Waals surface area contributed by atoms with Crippen LogP contribution in [-0.2, 0) is 9.47 Å². The van der Waals surface area contributed by atoms with Gasteiger partial charge in [0.25, 0.3) is 0 Å². The summed E-state index contributed by atoms with van der Waals surface area (Å²) in [5.74, 6) is -0.0186. The summed E-state index contributed by atoms with van der Waals surface area (Å²) in [7, 11) is 0. The molecule has 4 rings (SSSR count). The second-order valence-corrected chi connectivity index (χ2v) is 5.50. The van der Waals surface area contributed by atoms with Crippen molar-refractivity contribution >= 4 is 16.3 Å². The van der Waals surface area contributed by atoms with Gasteiger partial charge in [0.05, 0.1) is 0 Å². The van der Waals surface area contributed by atoms with Crippen LogP contribution in [0.2, 0.25) is 0 Å². The molecular formula is C17H16O3. The molecule has 0 radical (unpaired) electrons. The molecule has 0 saturated carbocycles. The number of hydrogen-bond donors (Lipinski definition) is 1. The molecule has 2 aliphatic rings. The summed E-state index contributed by atoms with van der Waals surface area (Å²) in [4.78, 5) is 0. The molecule has 2 aromatic rings. The summed E-state index contributed by atoms with van der Waals surface area (Å²) in [6, 6.07) is 11.8. The maximum Gasteiger partial charge on any atom is 0.177 e.